The third-order valence-corrected chi connectivity index (χ3v) is 5.72. The first-order chi connectivity index (χ1) is 12.0. The number of hydrogen-bond acceptors (Lipinski definition) is 3. The number of amides is 2. The zero-order chi connectivity index (χ0) is 17.8. The average molecular weight is 410 g/mol. The van der Waals surface area contributed by atoms with Gasteiger partial charge in [0.15, 0.2) is 0 Å². The number of carbonyl (C=O) groups is 1. The molecule has 0 aromatic heterocycles. The minimum Gasteiger partial charge on any atom is -0.373 e. The third kappa shape index (κ3) is 5.19. The number of carbonyl (C=O) groups excluding carboxylic acids is 1. The number of urea groups is 1. The van der Waals surface area contributed by atoms with E-state index in [0.29, 0.717) is 18.1 Å². The normalized spacial score (nSPS) is 25.8. The molecule has 2 aliphatic rings. The van der Waals surface area contributed by atoms with E-state index >= 15 is 0 Å². The Kier molecular flexibility index (Phi) is 6.36. The summed E-state index contributed by atoms with van der Waals surface area (Å²) >= 11 is 3.47. The first-order valence-electron chi connectivity index (χ1n) is 9.19. The van der Waals surface area contributed by atoms with Crippen molar-refractivity contribution in [2.24, 2.45) is 5.92 Å². The molecule has 5 nitrogen and oxygen atoms in total. The van der Waals surface area contributed by atoms with E-state index in [-0.39, 0.29) is 6.03 Å². The van der Waals surface area contributed by atoms with Crippen molar-refractivity contribution < 1.29 is 9.53 Å². The van der Waals surface area contributed by atoms with Gasteiger partial charge < -0.3 is 15.0 Å². The van der Waals surface area contributed by atoms with Crippen LogP contribution in [0.5, 0.6) is 0 Å². The van der Waals surface area contributed by atoms with E-state index in [4.69, 9.17) is 4.74 Å². The summed E-state index contributed by atoms with van der Waals surface area (Å²) in [4.78, 5) is 16.9. The van der Waals surface area contributed by atoms with E-state index in [0.717, 1.165) is 55.7 Å². The van der Waals surface area contributed by atoms with Crippen LogP contribution in [0.1, 0.15) is 26.7 Å². The molecular formula is C19H28BrN3O2. The summed E-state index contributed by atoms with van der Waals surface area (Å²) < 4.78 is 6.72. The molecule has 1 N–H and O–H groups in total. The van der Waals surface area contributed by atoms with Crippen molar-refractivity contribution >= 4 is 27.6 Å². The molecule has 0 saturated carbocycles. The van der Waals surface area contributed by atoms with Gasteiger partial charge in [0.05, 0.1) is 17.9 Å². The molecule has 1 aromatic carbocycles. The lowest BCUT2D eigenvalue weighted by atomic mass is 9.96. The van der Waals surface area contributed by atoms with Crippen LogP contribution in [0.3, 0.4) is 0 Å². The first-order valence-corrected chi connectivity index (χ1v) is 9.99. The van der Waals surface area contributed by atoms with Crippen LogP contribution in [-0.4, -0.2) is 60.8 Å². The second-order valence-electron chi connectivity index (χ2n) is 7.32. The molecule has 2 aliphatic heterocycles. The van der Waals surface area contributed by atoms with E-state index in [2.05, 4.69) is 40.0 Å². The summed E-state index contributed by atoms with van der Waals surface area (Å²) in [5.74, 6) is 0.671. The number of para-hydroxylation sites is 1. The first kappa shape index (κ1) is 18.7. The number of ether oxygens (including phenoxy) is 1. The van der Waals surface area contributed by atoms with Crippen molar-refractivity contribution in [2.75, 3.05) is 38.0 Å². The van der Waals surface area contributed by atoms with Gasteiger partial charge in [0.1, 0.15) is 0 Å². The molecule has 2 saturated heterocycles. The van der Waals surface area contributed by atoms with Gasteiger partial charge >= 0.3 is 6.03 Å². The van der Waals surface area contributed by atoms with Gasteiger partial charge in [-0.15, -0.1) is 0 Å². The van der Waals surface area contributed by atoms with Crippen LogP contribution >= 0.6 is 15.9 Å². The molecule has 2 heterocycles. The third-order valence-electron chi connectivity index (χ3n) is 5.03. The fraction of sp³-hybridized carbons (Fsp3) is 0.632. The zero-order valence-corrected chi connectivity index (χ0v) is 16.7. The van der Waals surface area contributed by atoms with E-state index in [1.54, 1.807) is 0 Å². The van der Waals surface area contributed by atoms with E-state index in [1.165, 1.54) is 0 Å². The highest BCUT2D eigenvalue weighted by atomic mass is 79.9. The topological polar surface area (TPSA) is 44.8 Å². The maximum absolute atomic E-state index is 12.5. The number of nitrogens with one attached hydrogen (secondary N) is 1. The SMILES string of the molecule is CC1CN(CC2CCN(C(=O)Nc3ccccc3Br)CC2)CC(C)O1. The van der Waals surface area contributed by atoms with Crippen LogP contribution < -0.4 is 5.32 Å². The Hall–Kier alpha value is -1.11. The molecule has 6 heteroatoms. The molecule has 2 unspecified atom stereocenters. The number of piperidine rings is 1. The lowest BCUT2D eigenvalue weighted by molar-refractivity contribution is -0.0728. The Morgan fingerprint density at radius 1 is 1.20 bits per heavy atom. The maximum atomic E-state index is 12.5. The van der Waals surface area contributed by atoms with Crippen molar-refractivity contribution in [2.45, 2.75) is 38.9 Å². The van der Waals surface area contributed by atoms with Crippen molar-refractivity contribution in [1.82, 2.24) is 9.80 Å². The summed E-state index contributed by atoms with van der Waals surface area (Å²) in [6, 6.07) is 7.72. The number of likely N-dealkylation sites (tertiary alicyclic amines) is 1. The van der Waals surface area contributed by atoms with Crippen LogP contribution in [-0.2, 0) is 4.74 Å². The standard InChI is InChI=1S/C19H28BrN3O2/c1-14-11-22(12-15(2)25-14)13-16-7-9-23(10-8-16)19(24)21-18-6-4-3-5-17(18)20/h3-6,14-16H,7-13H2,1-2H3,(H,21,24). The summed E-state index contributed by atoms with van der Waals surface area (Å²) in [6.45, 7) is 9.12. The highest BCUT2D eigenvalue weighted by molar-refractivity contribution is 9.10. The van der Waals surface area contributed by atoms with E-state index in [9.17, 15) is 4.79 Å². The molecule has 3 rings (SSSR count). The molecule has 1 aromatic rings. The van der Waals surface area contributed by atoms with Gasteiger partial charge in [-0.2, -0.15) is 0 Å². The maximum Gasteiger partial charge on any atom is 0.321 e. The largest absolute Gasteiger partial charge is 0.373 e. The number of benzene rings is 1. The van der Waals surface area contributed by atoms with Gasteiger partial charge in [-0.3, -0.25) is 4.90 Å². The predicted molar refractivity (Wildman–Crippen MR) is 104 cm³/mol. The lowest BCUT2D eigenvalue weighted by Gasteiger charge is -2.39. The Morgan fingerprint density at radius 3 is 2.48 bits per heavy atom. The summed E-state index contributed by atoms with van der Waals surface area (Å²) in [6.07, 6.45) is 2.78. The van der Waals surface area contributed by atoms with Gasteiger partial charge in [0, 0.05) is 37.2 Å². The number of halogens is 1. The Balaban J connectivity index is 1.45. The summed E-state index contributed by atoms with van der Waals surface area (Å²) in [5, 5.41) is 3.00. The lowest BCUT2D eigenvalue weighted by Crippen LogP contribution is -2.49. The molecule has 0 radical (unpaired) electrons. The minimum atomic E-state index is -0.000957. The summed E-state index contributed by atoms with van der Waals surface area (Å²) in [7, 11) is 0. The fourth-order valence-electron chi connectivity index (χ4n) is 3.87. The van der Waals surface area contributed by atoms with Crippen molar-refractivity contribution in [1.29, 1.82) is 0 Å². The van der Waals surface area contributed by atoms with Crippen LogP contribution in [0.25, 0.3) is 0 Å². The van der Waals surface area contributed by atoms with Crippen LogP contribution in [0.4, 0.5) is 10.5 Å². The van der Waals surface area contributed by atoms with Gasteiger partial charge in [-0.1, -0.05) is 12.1 Å². The molecule has 0 aliphatic carbocycles. The quantitative estimate of drug-likeness (QED) is 0.825. The minimum absolute atomic E-state index is 0.000957. The molecular weight excluding hydrogens is 382 g/mol. The molecule has 2 amide bonds. The second-order valence-corrected chi connectivity index (χ2v) is 8.17. The monoisotopic (exact) mass is 409 g/mol. The Morgan fingerprint density at radius 2 is 1.84 bits per heavy atom. The summed E-state index contributed by atoms with van der Waals surface area (Å²) in [5.41, 5.74) is 0.825. The van der Waals surface area contributed by atoms with Gasteiger partial charge in [-0.05, 0) is 60.7 Å². The second kappa shape index (κ2) is 8.52. The average Bonchev–Trinajstić information content (AvgIpc) is 2.56. The van der Waals surface area contributed by atoms with Crippen LogP contribution in [0.2, 0.25) is 0 Å². The number of morpholine rings is 1. The van der Waals surface area contributed by atoms with Crippen LogP contribution in [0.15, 0.2) is 28.7 Å². The Bertz CT molecular complexity index is 580. The number of anilines is 1. The van der Waals surface area contributed by atoms with Crippen LogP contribution in [0, 0.1) is 5.92 Å². The van der Waals surface area contributed by atoms with Gasteiger partial charge in [-0.25, -0.2) is 4.79 Å². The molecule has 2 atom stereocenters. The Labute approximate surface area is 158 Å². The fourth-order valence-corrected chi connectivity index (χ4v) is 4.26. The molecule has 0 spiro atoms. The molecule has 138 valence electrons. The van der Waals surface area contributed by atoms with Crippen molar-refractivity contribution in [3.05, 3.63) is 28.7 Å². The van der Waals surface area contributed by atoms with Crippen molar-refractivity contribution in [3.63, 3.8) is 0 Å². The highest BCUT2D eigenvalue weighted by Gasteiger charge is 2.28. The van der Waals surface area contributed by atoms with Crippen molar-refractivity contribution in [3.8, 4) is 0 Å². The van der Waals surface area contributed by atoms with E-state index < -0.39 is 0 Å². The van der Waals surface area contributed by atoms with Gasteiger partial charge in [0.25, 0.3) is 0 Å². The molecule has 0 bridgehead atoms. The smallest absolute Gasteiger partial charge is 0.321 e. The van der Waals surface area contributed by atoms with Gasteiger partial charge in [0.2, 0.25) is 0 Å². The number of nitrogens with zero attached hydrogens (tertiary/aromatic N) is 2. The van der Waals surface area contributed by atoms with E-state index in [1.807, 2.05) is 29.2 Å². The molecule has 2 fully saturated rings. The number of rotatable bonds is 3. The number of hydrogen-bond donors (Lipinski definition) is 1. The predicted octanol–water partition coefficient (Wildman–Crippen LogP) is 3.80. The highest BCUT2D eigenvalue weighted by Crippen LogP contribution is 2.24. The molecule has 25 heavy (non-hydrogen) atoms. The zero-order valence-electron chi connectivity index (χ0n) is 15.1.